The van der Waals surface area contributed by atoms with Gasteiger partial charge in [0.25, 0.3) is 5.91 Å². The Kier molecular flexibility index (Phi) is 6.96. The summed E-state index contributed by atoms with van der Waals surface area (Å²) in [5.74, 6) is -0.760. The van der Waals surface area contributed by atoms with Crippen LogP contribution in [0.4, 0.5) is 5.69 Å². The number of aryl methyl sites for hydroxylation is 1. The predicted octanol–water partition coefficient (Wildman–Crippen LogP) is 4.79. The van der Waals surface area contributed by atoms with Gasteiger partial charge in [-0.05, 0) is 36.0 Å². The topological polar surface area (TPSA) is 55.4 Å². The molecule has 0 bridgehead atoms. The zero-order valence-electron chi connectivity index (χ0n) is 15.9. The van der Waals surface area contributed by atoms with E-state index in [0.717, 1.165) is 22.4 Å². The Bertz CT molecular complexity index is 753. The van der Waals surface area contributed by atoms with Crippen LogP contribution < -0.4 is 5.32 Å². The first-order valence-corrected chi connectivity index (χ1v) is 9.05. The van der Waals surface area contributed by atoms with E-state index in [2.05, 4.69) is 19.2 Å². The van der Waals surface area contributed by atoms with Crippen LogP contribution in [0.15, 0.2) is 48.5 Å². The van der Waals surface area contributed by atoms with Crippen LogP contribution >= 0.6 is 0 Å². The molecule has 0 aliphatic heterocycles. The smallest absolute Gasteiger partial charge is 0.313 e. The van der Waals surface area contributed by atoms with Crippen LogP contribution in [0.5, 0.6) is 0 Å². The molecule has 0 aliphatic carbocycles. The third kappa shape index (κ3) is 4.94. The summed E-state index contributed by atoms with van der Waals surface area (Å²) in [5, 5.41) is 2.90. The number of para-hydroxylation sites is 1. The molecule has 4 nitrogen and oxygen atoms in total. The van der Waals surface area contributed by atoms with Gasteiger partial charge in [-0.15, -0.1) is 0 Å². The lowest BCUT2D eigenvalue weighted by Crippen LogP contribution is -2.24. The second-order valence-corrected chi connectivity index (χ2v) is 6.72. The Morgan fingerprint density at radius 2 is 1.73 bits per heavy atom. The van der Waals surface area contributed by atoms with Crippen molar-refractivity contribution < 1.29 is 14.3 Å². The van der Waals surface area contributed by atoms with Gasteiger partial charge in [-0.1, -0.05) is 69.3 Å². The van der Waals surface area contributed by atoms with E-state index >= 15 is 0 Å². The fraction of sp³-hybridized carbons (Fsp3) is 0.364. The molecule has 0 fully saturated rings. The van der Waals surface area contributed by atoms with Gasteiger partial charge in [-0.2, -0.15) is 0 Å². The number of esters is 1. The molecule has 0 aliphatic rings. The minimum atomic E-state index is -0.372. The number of nitrogens with one attached hydrogen (secondary N) is 1. The fourth-order valence-corrected chi connectivity index (χ4v) is 2.98. The van der Waals surface area contributed by atoms with Gasteiger partial charge in [0.1, 0.15) is 0 Å². The number of rotatable bonds is 7. The molecule has 0 radical (unpaired) electrons. The quantitative estimate of drug-likeness (QED) is 0.728. The Morgan fingerprint density at radius 3 is 2.35 bits per heavy atom. The zero-order chi connectivity index (χ0) is 19.1. The molecule has 138 valence electrons. The number of amides is 1. The molecule has 26 heavy (non-hydrogen) atoms. The van der Waals surface area contributed by atoms with Crippen molar-refractivity contribution in [1.82, 2.24) is 0 Å². The highest BCUT2D eigenvalue weighted by atomic mass is 16.5. The summed E-state index contributed by atoms with van der Waals surface area (Å²) in [7, 11) is 0. The number of carbonyl (C=O) groups is 2. The number of hydrogen-bond acceptors (Lipinski definition) is 3. The highest BCUT2D eigenvalue weighted by molar-refractivity contribution is 5.94. The third-order valence-corrected chi connectivity index (χ3v) is 4.43. The summed E-state index contributed by atoms with van der Waals surface area (Å²) in [6.45, 7) is 7.76. The minimum Gasteiger partial charge on any atom is -0.455 e. The highest BCUT2D eigenvalue weighted by Crippen LogP contribution is 2.27. The Balaban J connectivity index is 2.00. The van der Waals surface area contributed by atoms with Crippen LogP contribution in [0.3, 0.4) is 0 Å². The summed E-state index contributed by atoms with van der Waals surface area (Å²) in [6.07, 6.45) is 0.625. The molecule has 1 unspecified atom stereocenters. The van der Waals surface area contributed by atoms with E-state index in [1.165, 1.54) is 0 Å². The lowest BCUT2D eigenvalue weighted by atomic mass is 9.97. The molecule has 2 aromatic carbocycles. The molecule has 0 saturated carbocycles. The van der Waals surface area contributed by atoms with Crippen molar-refractivity contribution in [2.75, 3.05) is 11.9 Å². The van der Waals surface area contributed by atoms with E-state index in [-0.39, 0.29) is 30.3 Å². The van der Waals surface area contributed by atoms with Gasteiger partial charge in [-0.3, -0.25) is 9.59 Å². The van der Waals surface area contributed by atoms with Crippen molar-refractivity contribution >= 4 is 17.6 Å². The molecule has 0 saturated heterocycles. The van der Waals surface area contributed by atoms with Crippen LogP contribution in [0.25, 0.3) is 0 Å². The van der Waals surface area contributed by atoms with Gasteiger partial charge in [0.15, 0.2) is 6.61 Å². The van der Waals surface area contributed by atoms with Crippen LogP contribution in [-0.4, -0.2) is 18.5 Å². The van der Waals surface area contributed by atoms with Gasteiger partial charge in [0.05, 0.1) is 5.92 Å². The fourth-order valence-electron chi connectivity index (χ4n) is 2.98. The van der Waals surface area contributed by atoms with Crippen LogP contribution in [0.2, 0.25) is 0 Å². The summed E-state index contributed by atoms with van der Waals surface area (Å²) in [4.78, 5) is 24.7. The van der Waals surface area contributed by atoms with Crippen molar-refractivity contribution in [3.8, 4) is 0 Å². The van der Waals surface area contributed by atoms with Crippen LogP contribution in [0, 0.1) is 6.92 Å². The Hall–Kier alpha value is -2.62. The number of benzene rings is 2. The monoisotopic (exact) mass is 353 g/mol. The molecule has 4 heteroatoms. The van der Waals surface area contributed by atoms with E-state index < -0.39 is 0 Å². The summed E-state index contributed by atoms with van der Waals surface area (Å²) >= 11 is 0. The minimum absolute atomic E-state index is 0.284. The van der Waals surface area contributed by atoms with E-state index in [4.69, 9.17) is 4.74 Å². The van der Waals surface area contributed by atoms with Crippen molar-refractivity contribution in [1.29, 1.82) is 0 Å². The lowest BCUT2D eigenvalue weighted by Gasteiger charge is -2.17. The van der Waals surface area contributed by atoms with Crippen molar-refractivity contribution in [3.63, 3.8) is 0 Å². The number of hydrogen-bond donors (Lipinski definition) is 1. The van der Waals surface area contributed by atoms with Gasteiger partial charge < -0.3 is 10.1 Å². The summed E-state index contributed by atoms with van der Waals surface area (Å²) in [6, 6.07) is 15.4. The lowest BCUT2D eigenvalue weighted by molar-refractivity contribution is -0.149. The van der Waals surface area contributed by atoms with Crippen molar-refractivity contribution in [2.45, 2.75) is 46.0 Å². The molecule has 1 atom stereocenters. The van der Waals surface area contributed by atoms with E-state index in [1.807, 2.05) is 62.4 Å². The van der Waals surface area contributed by atoms with Gasteiger partial charge in [0, 0.05) is 5.69 Å². The number of ether oxygens (including phenoxy) is 1. The maximum atomic E-state index is 12.4. The molecule has 2 aromatic rings. The third-order valence-electron chi connectivity index (χ3n) is 4.43. The first-order valence-electron chi connectivity index (χ1n) is 9.05. The molecule has 0 spiro atoms. The maximum Gasteiger partial charge on any atom is 0.313 e. The van der Waals surface area contributed by atoms with E-state index in [1.54, 1.807) is 0 Å². The van der Waals surface area contributed by atoms with E-state index in [0.29, 0.717) is 6.42 Å². The van der Waals surface area contributed by atoms with Gasteiger partial charge in [0.2, 0.25) is 0 Å². The average molecular weight is 353 g/mol. The first-order chi connectivity index (χ1) is 12.4. The largest absolute Gasteiger partial charge is 0.455 e. The second-order valence-electron chi connectivity index (χ2n) is 6.72. The zero-order valence-corrected chi connectivity index (χ0v) is 15.9. The molecule has 0 heterocycles. The maximum absolute atomic E-state index is 12.4. The van der Waals surface area contributed by atoms with Gasteiger partial charge >= 0.3 is 5.97 Å². The standard InChI is InChI=1S/C22H27NO3/c1-5-18(17-11-7-6-8-12-17)22(25)26-14-20(24)23-21-16(4)10-9-13-19(21)15(2)3/h6-13,15,18H,5,14H2,1-4H3,(H,23,24). The molecule has 0 aromatic heterocycles. The highest BCUT2D eigenvalue weighted by Gasteiger charge is 2.21. The molecular formula is C22H27NO3. The Labute approximate surface area is 155 Å². The molecular weight excluding hydrogens is 326 g/mol. The molecule has 2 rings (SSSR count). The van der Waals surface area contributed by atoms with E-state index in [9.17, 15) is 9.59 Å². The van der Waals surface area contributed by atoms with Crippen molar-refractivity contribution in [2.24, 2.45) is 0 Å². The number of carbonyl (C=O) groups excluding carboxylic acids is 2. The Morgan fingerprint density at radius 1 is 1.04 bits per heavy atom. The molecule has 1 N–H and O–H groups in total. The van der Waals surface area contributed by atoms with Crippen LogP contribution in [-0.2, 0) is 14.3 Å². The first kappa shape index (κ1) is 19.7. The van der Waals surface area contributed by atoms with Gasteiger partial charge in [-0.25, -0.2) is 0 Å². The summed E-state index contributed by atoms with van der Waals surface area (Å²) in [5.41, 5.74) is 3.77. The van der Waals surface area contributed by atoms with Crippen molar-refractivity contribution in [3.05, 3.63) is 65.2 Å². The predicted molar refractivity (Wildman–Crippen MR) is 104 cm³/mol. The average Bonchev–Trinajstić information content (AvgIpc) is 2.63. The molecule has 1 amide bonds. The normalized spacial score (nSPS) is 11.9. The van der Waals surface area contributed by atoms with Crippen LogP contribution in [0.1, 0.15) is 55.7 Å². The second kappa shape index (κ2) is 9.18. The SMILES string of the molecule is CCC(C(=O)OCC(=O)Nc1c(C)cccc1C(C)C)c1ccccc1. The number of anilines is 1. The summed E-state index contributed by atoms with van der Waals surface area (Å²) < 4.78 is 5.27.